The van der Waals surface area contributed by atoms with Crippen LogP contribution in [0, 0.1) is 0 Å². The van der Waals surface area contributed by atoms with Crippen molar-refractivity contribution in [2.45, 2.75) is 32.2 Å². The zero-order valence-corrected chi connectivity index (χ0v) is 15.4. The molecule has 0 aliphatic heterocycles. The maximum absolute atomic E-state index is 12.6. The number of hydrogen-bond acceptors (Lipinski definition) is 5. The molecule has 6 nitrogen and oxygen atoms in total. The Kier molecular flexibility index (Phi) is 5.52. The van der Waals surface area contributed by atoms with Crippen molar-refractivity contribution in [2.75, 3.05) is 7.05 Å². The number of alkyl halides is 3. The third kappa shape index (κ3) is 4.86. The molecule has 0 saturated heterocycles. The summed E-state index contributed by atoms with van der Waals surface area (Å²) < 4.78 is 44.7. The van der Waals surface area contributed by atoms with E-state index in [4.69, 9.17) is 16.0 Å². The molecule has 0 bridgehead atoms. The van der Waals surface area contributed by atoms with Gasteiger partial charge in [0.25, 0.3) is 0 Å². The third-order valence-electron chi connectivity index (χ3n) is 4.07. The Morgan fingerprint density at radius 3 is 2.78 bits per heavy atom. The number of nitrogens with zero attached hydrogens (tertiary/aromatic N) is 5. The molecule has 3 aromatic rings. The van der Waals surface area contributed by atoms with Gasteiger partial charge in [0.2, 0.25) is 11.8 Å². The molecule has 0 N–H and O–H groups in total. The highest BCUT2D eigenvalue weighted by Crippen LogP contribution is 2.26. The zero-order chi connectivity index (χ0) is 19.6. The lowest BCUT2D eigenvalue weighted by Crippen LogP contribution is -2.26. The van der Waals surface area contributed by atoms with Gasteiger partial charge < -0.3 is 8.98 Å². The minimum atomic E-state index is -4.31. The Hall–Kier alpha value is -2.39. The SMILES string of the molecule is CC(c1nnc(-c2cccc(Cl)c2)o1)N(C)Cc1nccn1CC(F)(F)F. The average molecular weight is 400 g/mol. The predicted molar refractivity (Wildman–Crippen MR) is 92.9 cm³/mol. The van der Waals surface area contributed by atoms with Crippen molar-refractivity contribution in [3.63, 3.8) is 0 Å². The lowest BCUT2D eigenvalue weighted by molar-refractivity contribution is -0.141. The Bertz CT molecular complexity index is 908. The van der Waals surface area contributed by atoms with Crippen LogP contribution in [-0.4, -0.2) is 37.9 Å². The summed E-state index contributed by atoms with van der Waals surface area (Å²) in [6, 6.07) is 6.70. The largest absolute Gasteiger partial charge is 0.419 e. The molecule has 1 atom stereocenters. The lowest BCUT2D eigenvalue weighted by Gasteiger charge is -2.22. The summed E-state index contributed by atoms with van der Waals surface area (Å²) in [5.41, 5.74) is 0.692. The summed E-state index contributed by atoms with van der Waals surface area (Å²) >= 11 is 5.97. The molecule has 0 amide bonds. The Morgan fingerprint density at radius 2 is 2.07 bits per heavy atom. The van der Waals surface area contributed by atoms with E-state index in [0.717, 1.165) is 4.57 Å². The van der Waals surface area contributed by atoms with E-state index in [2.05, 4.69) is 15.2 Å². The van der Waals surface area contributed by atoms with E-state index in [1.807, 2.05) is 6.92 Å². The monoisotopic (exact) mass is 399 g/mol. The second-order valence-electron chi connectivity index (χ2n) is 6.13. The van der Waals surface area contributed by atoms with Crippen molar-refractivity contribution in [1.29, 1.82) is 0 Å². The van der Waals surface area contributed by atoms with E-state index in [1.165, 1.54) is 12.4 Å². The van der Waals surface area contributed by atoms with E-state index in [1.54, 1.807) is 36.2 Å². The van der Waals surface area contributed by atoms with Crippen molar-refractivity contribution in [2.24, 2.45) is 0 Å². The molecule has 2 heterocycles. The highest BCUT2D eigenvalue weighted by molar-refractivity contribution is 6.30. The second kappa shape index (κ2) is 7.69. The molecule has 0 fully saturated rings. The van der Waals surface area contributed by atoms with E-state index in [9.17, 15) is 13.2 Å². The van der Waals surface area contributed by atoms with E-state index in [0.29, 0.717) is 28.2 Å². The number of halogens is 4. The van der Waals surface area contributed by atoms with Crippen LogP contribution < -0.4 is 0 Å². The molecular weight excluding hydrogens is 383 g/mol. The number of imidazole rings is 1. The fourth-order valence-corrected chi connectivity index (χ4v) is 2.71. The van der Waals surface area contributed by atoms with Crippen LogP contribution in [0.5, 0.6) is 0 Å². The summed E-state index contributed by atoms with van der Waals surface area (Å²) in [5, 5.41) is 8.62. The van der Waals surface area contributed by atoms with Crippen LogP contribution in [0.3, 0.4) is 0 Å². The first kappa shape index (κ1) is 19.4. The minimum Gasteiger partial charge on any atom is -0.419 e. The summed E-state index contributed by atoms with van der Waals surface area (Å²) in [6.45, 7) is 0.940. The standard InChI is InChI=1S/C17H17ClF3N5O/c1-11(15-23-24-16(27-15)12-4-3-5-13(18)8-12)25(2)9-14-22-6-7-26(14)10-17(19,20)21/h3-8,11H,9-10H2,1-2H3. The van der Waals surface area contributed by atoms with Crippen LogP contribution in [0.25, 0.3) is 11.5 Å². The highest BCUT2D eigenvalue weighted by Gasteiger charge is 2.29. The van der Waals surface area contributed by atoms with E-state index < -0.39 is 12.7 Å². The molecule has 10 heteroatoms. The average Bonchev–Trinajstić information content (AvgIpc) is 3.23. The highest BCUT2D eigenvalue weighted by atomic mass is 35.5. The predicted octanol–water partition coefficient (Wildman–Crippen LogP) is 4.34. The number of rotatable bonds is 6. The summed E-state index contributed by atoms with van der Waals surface area (Å²) in [5.74, 6) is 0.976. The Morgan fingerprint density at radius 1 is 1.30 bits per heavy atom. The minimum absolute atomic E-state index is 0.194. The molecule has 144 valence electrons. The van der Waals surface area contributed by atoms with Crippen LogP contribution in [0.4, 0.5) is 13.2 Å². The fourth-order valence-electron chi connectivity index (χ4n) is 2.52. The fraction of sp³-hybridized carbons (Fsp3) is 0.353. The van der Waals surface area contributed by atoms with Crippen molar-refractivity contribution in [3.05, 3.63) is 53.4 Å². The number of hydrogen-bond donors (Lipinski definition) is 0. The smallest absolute Gasteiger partial charge is 0.406 e. The third-order valence-corrected chi connectivity index (χ3v) is 4.31. The molecule has 1 aromatic carbocycles. The molecule has 1 unspecified atom stereocenters. The van der Waals surface area contributed by atoms with Gasteiger partial charge in [-0.15, -0.1) is 10.2 Å². The van der Waals surface area contributed by atoms with Crippen LogP contribution >= 0.6 is 11.6 Å². The van der Waals surface area contributed by atoms with Gasteiger partial charge in [0.15, 0.2) is 0 Å². The normalized spacial score (nSPS) is 13.3. The topological polar surface area (TPSA) is 60.0 Å². The quantitative estimate of drug-likeness (QED) is 0.617. The Balaban J connectivity index is 1.72. The summed E-state index contributed by atoms with van der Waals surface area (Å²) in [7, 11) is 1.75. The maximum Gasteiger partial charge on any atom is 0.406 e. The van der Waals surface area contributed by atoms with Crippen molar-refractivity contribution in [3.8, 4) is 11.5 Å². The molecular formula is C17H17ClF3N5O. The molecule has 0 saturated carbocycles. The first-order chi connectivity index (χ1) is 12.7. The van der Waals surface area contributed by atoms with Crippen molar-refractivity contribution >= 4 is 11.6 Å². The van der Waals surface area contributed by atoms with Gasteiger partial charge in [-0.1, -0.05) is 17.7 Å². The summed E-state index contributed by atoms with van der Waals surface area (Å²) in [4.78, 5) is 5.80. The van der Waals surface area contributed by atoms with Crippen LogP contribution in [0.1, 0.15) is 24.7 Å². The second-order valence-corrected chi connectivity index (χ2v) is 6.57. The van der Waals surface area contributed by atoms with Crippen molar-refractivity contribution in [1.82, 2.24) is 24.6 Å². The number of aromatic nitrogens is 4. The first-order valence-corrected chi connectivity index (χ1v) is 8.47. The van der Waals surface area contributed by atoms with Crippen LogP contribution in [0.2, 0.25) is 5.02 Å². The van der Waals surface area contributed by atoms with Gasteiger partial charge in [0, 0.05) is 23.0 Å². The number of benzene rings is 1. The van der Waals surface area contributed by atoms with E-state index >= 15 is 0 Å². The van der Waals surface area contributed by atoms with E-state index in [-0.39, 0.29) is 12.6 Å². The van der Waals surface area contributed by atoms with Gasteiger partial charge in [0.1, 0.15) is 12.4 Å². The molecule has 0 spiro atoms. The van der Waals surface area contributed by atoms with Gasteiger partial charge >= 0.3 is 6.18 Å². The first-order valence-electron chi connectivity index (χ1n) is 8.09. The molecule has 0 radical (unpaired) electrons. The zero-order valence-electron chi connectivity index (χ0n) is 14.6. The van der Waals surface area contributed by atoms with Crippen LogP contribution in [0.15, 0.2) is 41.1 Å². The molecule has 0 aliphatic rings. The van der Waals surface area contributed by atoms with Crippen LogP contribution in [-0.2, 0) is 13.1 Å². The van der Waals surface area contributed by atoms with Gasteiger partial charge in [0.05, 0.1) is 12.6 Å². The maximum atomic E-state index is 12.6. The molecule has 2 aromatic heterocycles. The molecule has 0 aliphatic carbocycles. The molecule has 3 rings (SSSR count). The molecule has 27 heavy (non-hydrogen) atoms. The lowest BCUT2D eigenvalue weighted by atomic mass is 10.2. The van der Waals surface area contributed by atoms with Crippen molar-refractivity contribution < 1.29 is 17.6 Å². The summed E-state index contributed by atoms with van der Waals surface area (Å²) in [6.07, 6.45) is -1.65. The van der Waals surface area contributed by atoms with Gasteiger partial charge in [-0.05, 0) is 32.2 Å². The van der Waals surface area contributed by atoms with Gasteiger partial charge in [-0.2, -0.15) is 13.2 Å². The van der Waals surface area contributed by atoms with Gasteiger partial charge in [-0.3, -0.25) is 4.90 Å². The Labute approximate surface area is 158 Å². The van der Waals surface area contributed by atoms with Gasteiger partial charge in [-0.25, -0.2) is 4.98 Å².